The van der Waals surface area contributed by atoms with E-state index in [-0.39, 0.29) is 13.2 Å². The topological polar surface area (TPSA) is 90.2 Å². The highest BCUT2D eigenvalue weighted by atomic mass is 16.6. The summed E-state index contributed by atoms with van der Waals surface area (Å²) in [6, 6.07) is 0. The van der Waals surface area contributed by atoms with Gasteiger partial charge in [0.1, 0.15) is 12.2 Å². The first kappa shape index (κ1) is 54.8. The number of rotatable bonds is 46. The summed E-state index contributed by atoms with van der Waals surface area (Å²) in [6.07, 6.45) is 45.0. The van der Waals surface area contributed by atoms with Crippen molar-refractivity contribution in [3.63, 3.8) is 0 Å². The van der Waals surface area contributed by atoms with Gasteiger partial charge in [-0.15, -0.1) is 0 Å². The Kier molecular flexibility index (Phi) is 40.4. The van der Waals surface area contributed by atoms with Gasteiger partial charge in [-0.3, -0.25) is 0 Å². The predicted octanol–water partition coefficient (Wildman–Crippen LogP) is 14.9. The molecule has 332 valence electrons. The van der Waals surface area contributed by atoms with Crippen LogP contribution in [-0.2, 0) is 4.74 Å². The molecule has 0 fully saturated rings. The van der Waals surface area contributed by atoms with Crippen LogP contribution in [0.5, 0.6) is 0 Å². The molecule has 0 aromatic heterocycles. The molecule has 5 nitrogen and oxygen atoms in total. The molecule has 0 radical (unpaired) electrons. The second kappa shape index (κ2) is 40.6. The molecular weight excluding hydrogens is 681 g/mol. The van der Waals surface area contributed by atoms with Gasteiger partial charge in [0.15, 0.2) is 0 Å². The van der Waals surface area contributed by atoms with Crippen LogP contribution in [0.2, 0.25) is 0 Å². The van der Waals surface area contributed by atoms with Gasteiger partial charge in [0.25, 0.3) is 0 Å². The van der Waals surface area contributed by atoms with Crippen molar-refractivity contribution in [1.82, 2.24) is 0 Å². The van der Waals surface area contributed by atoms with Crippen molar-refractivity contribution >= 4 is 0 Å². The standard InChI is InChI=1S/C50H102O5/c1-5-9-13-17-21-25-29-33-37-41-49(47(53)45-51,42-38-34-30-26-22-18-14-10-6-2)55-50(48(54)46-52,43-39-35-31-27-23-19-15-11-7-3)44-40-36-32-28-24-20-16-12-8-4/h47-48,51-54H,5-46H2,1-4H3. The molecule has 0 aromatic carbocycles. The van der Waals surface area contributed by atoms with Crippen molar-refractivity contribution in [2.45, 2.75) is 308 Å². The van der Waals surface area contributed by atoms with Crippen LogP contribution in [0, 0.1) is 0 Å². The van der Waals surface area contributed by atoms with Crippen LogP contribution >= 0.6 is 0 Å². The first-order valence-corrected chi connectivity index (χ1v) is 25.2. The second-order valence-electron chi connectivity index (χ2n) is 17.9. The fourth-order valence-corrected chi connectivity index (χ4v) is 8.93. The van der Waals surface area contributed by atoms with Gasteiger partial charge in [0.05, 0.1) is 24.4 Å². The summed E-state index contributed by atoms with van der Waals surface area (Å²) < 4.78 is 7.40. The van der Waals surface area contributed by atoms with Gasteiger partial charge >= 0.3 is 0 Å². The van der Waals surface area contributed by atoms with E-state index in [1.807, 2.05) is 0 Å². The number of hydrogen-bond acceptors (Lipinski definition) is 5. The molecule has 0 aromatic rings. The van der Waals surface area contributed by atoms with Gasteiger partial charge in [-0.05, 0) is 25.7 Å². The van der Waals surface area contributed by atoms with E-state index in [2.05, 4.69) is 27.7 Å². The molecule has 0 bridgehead atoms. The maximum absolute atomic E-state index is 11.8. The fourth-order valence-electron chi connectivity index (χ4n) is 8.93. The highest BCUT2D eigenvalue weighted by Crippen LogP contribution is 2.41. The third-order valence-corrected chi connectivity index (χ3v) is 12.8. The molecule has 0 rings (SSSR count). The summed E-state index contributed by atoms with van der Waals surface area (Å²) in [4.78, 5) is 0. The zero-order chi connectivity index (χ0) is 40.6. The summed E-state index contributed by atoms with van der Waals surface area (Å²) in [7, 11) is 0. The van der Waals surface area contributed by atoms with Crippen LogP contribution in [0.25, 0.3) is 0 Å². The van der Waals surface area contributed by atoms with Crippen molar-refractivity contribution in [3.8, 4) is 0 Å². The lowest BCUT2D eigenvalue weighted by Gasteiger charge is -2.48. The van der Waals surface area contributed by atoms with Gasteiger partial charge < -0.3 is 25.2 Å². The number of ether oxygens (including phenoxy) is 1. The summed E-state index contributed by atoms with van der Waals surface area (Å²) in [5.74, 6) is 0. The predicted molar refractivity (Wildman–Crippen MR) is 240 cm³/mol. The Morgan fingerprint density at radius 2 is 0.455 bits per heavy atom. The van der Waals surface area contributed by atoms with Crippen molar-refractivity contribution in [2.75, 3.05) is 13.2 Å². The van der Waals surface area contributed by atoms with E-state index in [0.29, 0.717) is 25.7 Å². The Labute approximate surface area is 345 Å². The normalized spacial score (nSPS) is 13.5. The molecule has 55 heavy (non-hydrogen) atoms. The van der Waals surface area contributed by atoms with Crippen LogP contribution in [0.3, 0.4) is 0 Å². The van der Waals surface area contributed by atoms with Crippen LogP contribution in [-0.4, -0.2) is 57.0 Å². The molecule has 0 saturated carbocycles. The summed E-state index contributed by atoms with van der Waals surface area (Å²) in [5, 5.41) is 44.8. The van der Waals surface area contributed by atoms with Crippen LogP contribution in [0.15, 0.2) is 0 Å². The SMILES string of the molecule is CCCCCCCCCCCC(CCCCCCCCCCC)(OC(CCCCCCCCCCC)(CCCCCCCCCCC)C(O)CO)C(O)CO. The Balaban J connectivity index is 5.98. The minimum absolute atomic E-state index is 0.337. The Morgan fingerprint density at radius 1 is 0.291 bits per heavy atom. The third kappa shape index (κ3) is 29.6. The zero-order valence-corrected chi connectivity index (χ0v) is 38.1. The Bertz CT molecular complexity index is 640. The number of aliphatic hydroxyl groups excluding tert-OH is 4. The van der Waals surface area contributed by atoms with Crippen molar-refractivity contribution < 1.29 is 25.2 Å². The van der Waals surface area contributed by atoms with E-state index < -0.39 is 23.4 Å². The third-order valence-electron chi connectivity index (χ3n) is 12.8. The maximum atomic E-state index is 11.8. The van der Waals surface area contributed by atoms with Gasteiger partial charge in [0, 0.05) is 0 Å². The van der Waals surface area contributed by atoms with Crippen LogP contribution in [0.1, 0.15) is 285 Å². The largest absolute Gasteiger partial charge is 0.394 e. The van der Waals surface area contributed by atoms with Crippen LogP contribution < -0.4 is 0 Å². The summed E-state index contributed by atoms with van der Waals surface area (Å²) in [6.45, 7) is 8.40. The first-order chi connectivity index (χ1) is 26.9. The number of aliphatic hydroxyl groups is 4. The number of hydrogen-bond donors (Lipinski definition) is 4. The minimum atomic E-state index is -1.01. The average molecular weight is 783 g/mol. The summed E-state index contributed by atoms with van der Waals surface area (Å²) in [5.41, 5.74) is -1.85. The van der Waals surface area contributed by atoms with Gasteiger partial charge in [-0.25, -0.2) is 0 Å². The molecule has 0 aliphatic heterocycles. The molecule has 5 heteroatoms. The van der Waals surface area contributed by atoms with E-state index in [9.17, 15) is 20.4 Å². The molecule has 0 aliphatic rings. The smallest absolute Gasteiger partial charge is 0.106 e. The van der Waals surface area contributed by atoms with E-state index in [4.69, 9.17) is 4.74 Å². The Morgan fingerprint density at radius 3 is 0.618 bits per heavy atom. The lowest BCUT2D eigenvalue weighted by Crippen LogP contribution is -2.58. The lowest BCUT2D eigenvalue weighted by atomic mass is 9.79. The molecule has 0 amide bonds. The van der Waals surface area contributed by atoms with E-state index in [1.165, 1.54) is 180 Å². The highest BCUT2D eigenvalue weighted by Gasteiger charge is 2.48. The van der Waals surface area contributed by atoms with E-state index in [0.717, 1.165) is 51.4 Å². The molecule has 0 spiro atoms. The molecule has 0 aliphatic carbocycles. The van der Waals surface area contributed by atoms with Crippen molar-refractivity contribution in [2.24, 2.45) is 0 Å². The maximum Gasteiger partial charge on any atom is 0.106 e. The second-order valence-corrected chi connectivity index (χ2v) is 17.9. The monoisotopic (exact) mass is 783 g/mol. The summed E-state index contributed by atoms with van der Waals surface area (Å²) >= 11 is 0. The van der Waals surface area contributed by atoms with Crippen molar-refractivity contribution in [3.05, 3.63) is 0 Å². The zero-order valence-electron chi connectivity index (χ0n) is 38.1. The van der Waals surface area contributed by atoms with Crippen LogP contribution in [0.4, 0.5) is 0 Å². The fraction of sp³-hybridized carbons (Fsp3) is 1.00. The van der Waals surface area contributed by atoms with Gasteiger partial charge in [0.2, 0.25) is 0 Å². The molecule has 4 N–H and O–H groups in total. The van der Waals surface area contributed by atoms with Gasteiger partial charge in [-0.1, -0.05) is 259 Å². The lowest BCUT2D eigenvalue weighted by molar-refractivity contribution is -0.253. The molecule has 0 heterocycles. The van der Waals surface area contributed by atoms with E-state index >= 15 is 0 Å². The quantitative estimate of drug-likeness (QED) is 0.0462. The minimum Gasteiger partial charge on any atom is -0.394 e. The van der Waals surface area contributed by atoms with E-state index in [1.54, 1.807) is 0 Å². The van der Waals surface area contributed by atoms with Gasteiger partial charge in [-0.2, -0.15) is 0 Å². The highest BCUT2D eigenvalue weighted by molar-refractivity contribution is 4.97. The molecule has 2 atom stereocenters. The Hall–Kier alpha value is -0.200. The molecular formula is C50H102O5. The first-order valence-electron chi connectivity index (χ1n) is 25.2. The number of unbranched alkanes of at least 4 members (excludes halogenated alkanes) is 32. The van der Waals surface area contributed by atoms with Crippen molar-refractivity contribution in [1.29, 1.82) is 0 Å². The molecule has 0 saturated heterocycles. The average Bonchev–Trinajstić information content (AvgIpc) is 3.20. The molecule has 2 unspecified atom stereocenters.